The number of fused-ring (bicyclic) bond motifs is 1. The molecule has 1 aliphatic rings. The quantitative estimate of drug-likeness (QED) is 0.808. The first kappa shape index (κ1) is 10.4. The molecule has 15 heavy (non-hydrogen) atoms. The van der Waals surface area contributed by atoms with Gasteiger partial charge in [-0.25, -0.2) is 9.97 Å². The summed E-state index contributed by atoms with van der Waals surface area (Å²) >= 11 is 0. The summed E-state index contributed by atoms with van der Waals surface area (Å²) in [6.07, 6.45) is 5.06. The SMILES string of the molecule is CCCCN1CCc2c(N)ncnc2C1. The average Bonchev–Trinajstić information content (AvgIpc) is 2.26. The van der Waals surface area contributed by atoms with Gasteiger partial charge in [-0.15, -0.1) is 0 Å². The number of hydrogen-bond donors (Lipinski definition) is 1. The van der Waals surface area contributed by atoms with Crippen molar-refractivity contribution in [2.45, 2.75) is 32.7 Å². The lowest BCUT2D eigenvalue weighted by Crippen LogP contribution is -2.32. The molecule has 2 rings (SSSR count). The van der Waals surface area contributed by atoms with Crippen molar-refractivity contribution in [3.8, 4) is 0 Å². The van der Waals surface area contributed by atoms with E-state index >= 15 is 0 Å². The predicted octanol–water partition coefficient (Wildman–Crippen LogP) is 1.22. The Morgan fingerprint density at radius 2 is 2.33 bits per heavy atom. The van der Waals surface area contributed by atoms with Gasteiger partial charge in [0.05, 0.1) is 5.69 Å². The number of hydrogen-bond acceptors (Lipinski definition) is 4. The highest BCUT2D eigenvalue weighted by Gasteiger charge is 2.18. The summed E-state index contributed by atoms with van der Waals surface area (Å²) in [5.41, 5.74) is 8.09. The molecule has 4 nitrogen and oxygen atoms in total. The van der Waals surface area contributed by atoms with E-state index in [1.165, 1.54) is 19.4 Å². The summed E-state index contributed by atoms with van der Waals surface area (Å²) in [7, 11) is 0. The minimum Gasteiger partial charge on any atom is -0.383 e. The van der Waals surface area contributed by atoms with E-state index in [0.717, 1.165) is 30.8 Å². The molecule has 82 valence electrons. The Kier molecular flexibility index (Phi) is 3.16. The molecular weight excluding hydrogens is 188 g/mol. The van der Waals surface area contributed by atoms with E-state index in [-0.39, 0.29) is 0 Å². The molecule has 0 radical (unpaired) electrons. The lowest BCUT2D eigenvalue weighted by atomic mass is 10.1. The van der Waals surface area contributed by atoms with Gasteiger partial charge >= 0.3 is 0 Å². The maximum Gasteiger partial charge on any atom is 0.130 e. The number of aromatic nitrogens is 2. The Labute approximate surface area is 90.5 Å². The second kappa shape index (κ2) is 4.57. The van der Waals surface area contributed by atoms with Crippen LogP contribution in [0.25, 0.3) is 0 Å². The molecule has 2 heterocycles. The van der Waals surface area contributed by atoms with E-state index in [1.807, 2.05) is 0 Å². The topological polar surface area (TPSA) is 55.0 Å². The molecule has 1 aromatic rings. The van der Waals surface area contributed by atoms with Crippen molar-refractivity contribution < 1.29 is 0 Å². The van der Waals surface area contributed by atoms with Gasteiger partial charge in [-0.3, -0.25) is 4.90 Å². The molecule has 0 aromatic carbocycles. The van der Waals surface area contributed by atoms with Crippen LogP contribution in [0.3, 0.4) is 0 Å². The lowest BCUT2D eigenvalue weighted by Gasteiger charge is -2.27. The van der Waals surface area contributed by atoms with Crippen LogP contribution in [-0.4, -0.2) is 28.0 Å². The number of unbranched alkanes of at least 4 members (excludes halogenated alkanes) is 1. The maximum absolute atomic E-state index is 5.82. The molecule has 0 spiro atoms. The van der Waals surface area contributed by atoms with Crippen LogP contribution in [0.4, 0.5) is 5.82 Å². The standard InChI is InChI=1S/C11H18N4/c1-2-3-5-15-6-4-9-10(7-15)13-8-14-11(9)12/h8H,2-7H2,1H3,(H2,12,13,14). The van der Waals surface area contributed by atoms with Crippen LogP contribution >= 0.6 is 0 Å². The van der Waals surface area contributed by atoms with Crippen LogP contribution in [0.15, 0.2) is 6.33 Å². The fraction of sp³-hybridized carbons (Fsp3) is 0.636. The first-order valence-electron chi connectivity index (χ1n) is 5.62. The van der Waals surface area contributed by atoms with Crippen molar-refractivity contribution in [3.05, 3.63) is 17.6 Å². The molecule has 0 saturated heterocycles. The molecule has 1 aliphatic heterocycles. The number of nitrogens with two attached hydrogens (primary N) is 1. The molecular formula is C11H18N4. The second-order valence-electron chi connectivity index (χ2n) is 4.06. The van der Waals surface area contributed by atoms with Crippen LogP contribution in [-0.2, 0) is 13.0 Å². The normalized spacial score (nSPS) is 16.3. The van der Waals surface area contributed by atoms with E-state index < -0.39 is 0 Å². The molecule has 0 fully saturated rings. The fourth-order valence-electron chi connectivity index (χ4n) is 2.01. The molecule has 0 unspecified atom stereocenters. The third-order valence-electron chi connectivity index (χ3n) is 2.95. The third kappa shape index (κ3) is 2.26. The van der Waals surface area contributed by atoms with Gasteiger partial charge in [-0.05, 0) is 19.4 Å². The summed E-state index contributed by atoms with van der Waals surface area (Å²) in [5, 5.41) is 0. The monoisotopic (exact) mass is 206 g/mol. The molecule has 2 N–H and O–H groups in total. The van der Waals surface area contributed by atoms with Crippen LogP contribution in [0.2, 0.25) is 0 Å². The Bertz CT molecular complexity index is 337. The van der Waals surface area contributed by atoms with E-state index in [0.29, 0.717) is 5.82 Å². The lowest BCUT2D eigenvalue weighted by molar-refractivity contribution is 0.246. The van der Waals surface area contributed by atoms with Gasteiger partial charge in [-0.2, -0.15) is 0 Å². The predicted molar refractivity (Wildman–Crippen MR) is 60.3 cm³/mol. The summed E-state index contributed by atoms with van der Waals surface area (Å²) in [6.45, 7) is 5.41. The summed E-state index contributed by atoms with van der Waals surface area (Å²) in [5.74, 6) is 0.662. The first-order chi connectivity index (χ1) is 7.31. The zero-order chi connectivity index (χ0) is 10.7. The van der Waals surface area contributed by atoms with Gasteiger partial charge in [0.25, 0.3) is 0 Å². The number of nitrogen functional groups attached to an aromatic ring is 1. The van der Waals surface area contributed by atoms with Crippen molar-refractivity contribution in [3.63, 3.8) is 0 Å². The minimum atomic E-state index is 0.662. The smallest absolute Gasteiger partial charge is 0.130 e. The Hall–Kier alpha value is -1.16. The van der Waals surface area contributed by atoms with Gasteiger partial charge in [-0.1, -0.05) is 13.3 Å². The molecule has 0 saturated carbocycles. The Balaban J connectivity index is 2.07. The van der Waals surface area contributed by atoms with Gasteiger partial charge in [0.2, 0.25) is 0 Å². The Morgan fingerprint density at radius 3 is 3.13 bits per heavy atom. The van der Waals surface area contributed by atoms with E-state index in [1.54, 1.807) is 6.33 Å². The molecule has 0 bridgehead atoms. The van der Waals surface area contributed by atoms with Gasteiger partial charge in [0.15, 0.2) is 0 Å². The van der Waals surface area contributed by atoms with Crippen LogP contribution in [0.5, 0.6) is 0 Å². The van der Waals surface area contributed by atoms with E-state index in [4.69, 9.17) is 5.73 Å². The maximum atomic E-state index is 5.82. The van der Waals surface area contributed by atoms with Crippen LogP contribution < -0.4 is 5.73 Å². The number of anilines is 1. The summed E-state index contributed by atoms with van der Waals surface area (Å²) in [4.78, 5) is 10.8. The van der Waals surface area contributed by atoms with Crippen LogP contribution in [0.1, 0.15) is 31.0 Å². The number of nitrogens with zero attached hydrogens (tertiary/aromatic N) is 3. The van der Waals surface area contributed by atoms with E-state index in [2.05, 4.69) is 21.8 Å². The largest absolute Gasteiger partial charge is 0.383 e. The Morgan fingerprint density at radius 1 is 1.47 bits per heavy atom. The van der Waals surface area contributed by atoms with Crippen molar-refractivity contribution in [2.75, 3.05) is 18.8 Å². The fourth-order valence-corrected chi connectivity index (χ4v) is 2.01. The second-order valence-corrected chi connectivity index (χ2v) is 4.06. The van der Waals surface area contributed by atoms with Crippen molar-refractivity contribution >= 4 is 5.82 Å². The van der Waals surface area contributed by atoms with Gasteiger partial charge in [0.1, 0.15) is 12.1 Å². The number of rotatable bonds is 3. The van der Waals surface area contributed by atoms with Crippen molar-refractivity contribution in [1.82, 2.24) is 14.9 Å². The summed E-state index contributed by atoms with van der Waals surface area (Å²) < 4.78 is 0. The molecule has 4 heteroatoms. The third-order valence-corrected chi connectivity index (χ3v) is 2.95. The van der Waals surface area contributed by atoms with Crippen LogP contribution in [0, 0.1) is 0 Å². The first-order valence-corrected chi connectivity index (χ1v) is 5.62. The highest BCUT2D eigenvalue weighted by atomic mass is 15.1. The van der Waals surface area contributed by atoms with Crippen molar-refractivity contribution in [2.24, 2.45) is 0 Å². The molecule has 0 aliphatic carbocycles. The molecule has 0 atom stereocenters. The highest BCUT2D eigenvalue weighted by Crippen LogP contribution is 2.20. The molecule has 0 amide bonds. The summed E-state index contributed by atoms with van der Waals surface area (Å²) in [6, 6.07) is 0. The van der Waals surface area contributed by atoms with Gasteiger partial charge < -0.3 is 5.73 Å². The van der Waals surface area contributed by atoms with E-state index in [9.17, 15) is 0 Å². The average molecular weight is 206 g/mol. The minimum absolute atomic E-state index is 0.662. The van der Waals surface area contributed by atoms with Crippen molar-refractivity contribution in [1.29, 1.82) is 0 Å². The van der Waals surface area contributed by atoms with Gasteiger partial charge in [0, 0.05) is 18.7 Å². The molecule has 1 aromatic heterocycles. The highest BCUT2D eigenvalue weighted by molar-refractivity contribution is 5.42. The zero-order valence-corrected chi connectivity index (χ0v) is 9.24. The zero-order valence-electron chi connectivity index (χ0n) is 9.24.